The van der Waals surface area contributed by atoms with Gasteiger partial charge >= 0.3 is 12.0 Å². The minimum Gasteiger partial charge on any atom is -0.481 e. The first kappa shape index (κ1) is 16.1. The molecule has 0 spiro atoms. The first-order chi connectivity index (χ1) is 10.5. The van der Waals surface area contributed by atoms with Crippen molar-refractivity contribution in [2.45, 2.75) is 31.7 Å². The lowest BCUT2D eigenvalue weighted by molar-refractivity contribution is -0.137. The van der Waals surface area contributed by atoms with E-state index >= 15 is 0 Å². The van der Waals surface area contributed by atoms with Crippen molar-refractivity contribution in [2.24, 2.45) is 7.05 Å². The molecule has 0 radical (unpaired) electrons. The van der Waals surface area contributed by atoms with Gasteiger partial charge < -0.3 is 20.6 Å². The van der Waals surface area contributed by atoms with Crippen molar-refractivity contribution in [1.82, 2.24) is 20.4 Å². The van der Waals surface area contributed by atoms with Crippen molar-refractivity contribution in [3.05, 3.63) is 12.4 Å². The number of piperidine rings is 1. The molecule has 122 valence electrons. The fourth-order valence-corrected chi connectivity index (χ4v) is 2.58. The smallest absolute Gasteiger partial charge is 0.315 e. The van der Waals surface area contributed by atoms with E-state index in [0.717, 1.165) is 31.6 Å². The van der Waals surface area contributed by atoms with Gasteiger partial charge in [0.2, 0.25) is 0 Å². The van der Waals surface area contributed by atoms with Crippen LogP contribution in [0.3, 0.4) is 0 Å². The summed E-state index contributed by atoms with van der Waals surface area (Å²) in [6, 6.07) is -0.142. The first-order valence-corrected chi connectivity index (χ1v) is 7.54. The summed E-state index contributed by atoms with van der Waals surface area (Å²) < 4.78 is 1.77. The molecule has 2 heterocycles. The Kier molecular flexibility index (Phi) is 5.62. The van der Waals surface area contributed by atoms with Crippen molar-refractivity contribution >= 4 is 17.7 Å². The number of nitrogens with zero attached hydrogens (tertiary/aromatic N) is 3. The van der Waals surface area contributed by atoms with Gasteiger partial charge in [0.25, 0.3) is 0 Å². The van der Waals surface area contributed by atoms with E-state index in [0.29, 0.717) is 13.0 Å². The van der Waals surface area contributed by atoms with Gasteiger partial charge in [0.15, 0.2) is 0 Å². The van der Waals surface area contributed by atoms with E-state index in [1.165, 1.54) is 0 Å². The lowest BCUT2D eigenvalue weighted by Crippen LogP contribution is -2.50. The van der Waals surface area contributed by atoms with Crippen LogP contribution in [0.15, 0.2) is 12.4 Å². The Balaban J connectivity index is 1.73. The van der Waals surface area contributed by atoms with Crippen molar-refractivity contribution in [3.63, 3.8) is 0 Å². The number of aromatic nitrogens is 2. The SMILES string of the molecule is Cn1cc(N2CCCC(NC(=O)NCCCC(=O)O)C2)cn1. The molecule has 22 heavy (non-hydrogen) atoms. The van der Waals surface area contributed by atoms with Crippen molar-refractivity contribution in [2.75, 3.05) is 24.5 Å². The molecule has 1 saturated heterocycles. The Labute approximate surface area is 129 Å². The van der Waals surface area contributed by atoms with E-state index < -0.39 is 5.97 Å². The monoisotopic (exact) mass is 309 g/mol. The lowest BCUT2D eigenvalue weighted by atomic mass is 10.1. The molecule has 1 aliphatic rings. The van der Waals surface area contributed by atoms with E-state index in [4.69, 9.17) is 5.11 Å². The number of hydrogen-bond donors (Lipinski definition) is 3. The van der Waals surface area contributed by atoms with Crippen LogP contribution in [0.2, 0.25) is 0 Å². The molecule has 1 unspecified atom stereocenters. The van der Waals surface area contributed by atoms with E-state index in [1.807, 2.05) is 19.4 Å². The number of anilines is 1. The van der Waals surface area contributed by atoms with Crippen LogP contribution in [0.1, 0.15) is 25.7 Å². The number of carboxylic acid groups (broad SMARTS) is 1. The van der Waals surface area contributed by atoms with Gasteiger partial charge in [0.1, 0.15) is 0 Å². The van der Waals surface area contributed by atoms with Gasteiger partial charge in [-0.15, -0.1) is 0 Å². The van der Waals surface area contributed by atoms with Crippen LogP contribution in [0.5, 0.6) is 0 Å². The molecule has 1 aliphatic heterocycles. The van der Waals surface area contributed by atoms with Crippen LogP contribution in [0, 0.1) is 0 Å². The van der Waals surface area contributed by atoms with Gasteiger partial charge in [-0.05, 0) is 19.3 Å². The zero-order chi connectivity index (χ0) is 15.9. The number of amides is 2. The third-order valence-corrected chi connectivity index (χ3v) is 3.67. The minimum atomic E-state index is -0.846. The number of carboxylic acids is 1. The van der Waals surface area contributed by atoms with Crippen LogP contribution >= 0.6 is 0 Å². The highest BCUT2D eigenvalue weighted by molar-refractivity contribution is 5.74. The van der Waals surface area contributed by atoms with E-state index in [9.17, 15) is 9.59 Å². The summed E-state index contributed by atoms with van der Waals surface area (Å²) >= 11 is 0. The number of hydrogen-bond acceptors (Lipinski definition) is 4. The Morgan fingerprint density at radius 1 is 1.50 bits per heavy atom. The largest absolute Gasteiger partial charge is 0.481 e. The molecule has 0 saturated carbocycles. The molecule has 2 rings (SSSR count). The van der Waals surface area contributed by atoms with Crippen LogP contribution in [-0.4, -0.2) is 52.6 Å². The van der Waals surface area contributed by atoms with Crippen LogP contribution in [0.25, 0.3) is 0 Å². The predicted molar refractivity (Wildman–Crippen MR) is 81.8 cm³/mol. The number of carbonyl (C=O) groups excluding carboxylic acids is 1. The molecule has 2 amide bonds. The third-order valence-electron chi connectivity index (χ3n) is 3.67. The molecular formula is C14H23N5O3. The summed E-state index contributed by atoms with van der Waals surface area (Å²) in [5.41, 5.74) is 1.07. The summed E-state index contributed by atoms with van der Waals surface area (Å²) in [5.74, 6) is -0.846. The molecule has 8 nitrogen and oxygen atoms in total. The zero-order valence-corrected chi connectivity index (χ0v) is 12.8. The van der Waals surface area contributed by atoms with Crippen molar-refractivity contribution in [3.8, 4) is 0 Å². The maximum absolute atomic E-state index is 11.8. The summed E-state index contributed by atoms with van der Waals surface area (Å²) in [6.07, 6.45) is 6.26. The predicted octanol–water partition coefficient (Wildman–Crippen LogP) is 0.553. The molecule has 0 aromatic carbocycles. The Hall–Kier alpha value is -2.25. The van der Waals surface area contributed by atoms with E-state index in [2.05, 4.69) is 20.6 Å². The zero-order valence-electron chi connectivity index (χ0n) is 12.8. The minimum absolute atomic E-state index is 0.0679. The Morgan fingerprint density at radius 2 is 2.32 bits per heavy atom. The highest BCUT2D eigenvalue weighted by Crippen LogP contribution is 2.18. The van der Waals surface area contributed by atoms with Gasteiger partial charge in [0.05, 0.1) is 11.9 Å². The highest BCUT2D eigenvalue weighted by Gasteiger charge is 2.22. The van der Waals surface area contributed by atoms with Gasteiger partial charge in [0, 0.05) is 45.3 Å². The summed E-state index contributed by atoms with van der Waals surface area (Å²) in [6.45, 7) is 2.09. The second-order valence-electron chi connectivity index (χ2n) is 5.55. The lowest BCUT2D eigenvalue weighted by Gasteiger charge is -2.33. The molecule has 0 aliphatic carbocycles. The number of aryl methyl sites for hydroxylation is 1. The maximum atomic E-state index is 11.8. The first-order valence-electron chi connectivity index (χ1n) is 7.54. The summed E-state index contributed by atoms with van der Waals surface area (Å²) in [4.78, 5) is 24.4. The second kappa shape index (κ2) is 7.67. The topological polar surface area (TPSA) is 99.5 Å². The fourth-order valence-electron chi connectivity index (χ4n) is 2.58. The Morgan fingerprint density at radius 3 is 3.00 bits per heavy atom. The van der Waals surface area contributed by atoms with E-state index in [-0.39, 0.29) is 18.5 Å². The fraction of sp³-hybridized carbons (Fsp3) is 0.643. The van der Waals surface area contributed by atoms with Crippen LogP contribution < -0.4 is 15.5 Å². The van der Waals surface area contributed by atoms with Crippen LogP contribution in [0.4, 0.5) is 10.5 Å². The number of rotatable bonds is 6. The third kappa shape index (κ3) is 4.94. The van der Waals surface area contributed by atoms with Gasteiger partial charge in [-0.25, -0.2) is 4.79 Å². The maximum Gasteiger partial charge on any atom is 0.315 e. The molecule has 1 aromatic heterocycles. The van der Waals surface area contributed by atoms with Gasteiger partial charge in [-0.3, -0.25) is 9.48 Å². The van der Waals surface area contributed by atoms with Gasteiger partial charge in [-0.2, -0.15) is 5.10 Å². The molecule has 1 atom stereocenters. The molecule has 8 heteroatoms. The number of carbonyl (C=O) groups is 2. The van der Waals surface area contributed by atoms with Crippen molar-refractivity contribution < 1.29 is 14.7 Å². The molecule has 3 N–H and O–H groups in total. The standard InChI is InChI=1S/C14H23N5O3/c1-18-10-12(8-16-18)19-7-3-4-11(9-19)17-14(22)15-6-2-5-13(20)21/h8,10-11H,2-7,9H2,1H3,(H,20,21)(H2,15,17,22). The Bertz CT molecular complexity index is 516. The van der Waals surface area contributed by atoms with Crippen LogP contribution in [-0.2, 0) is 11.8 Å². The molecule has 1 fully saturated rings. The summed E-state index contributed by atoms with van der Waals surface area (Å²) in [5, 5.41) is 18.4. The average Bonchev–Trinajstić information content (AvgIpc) is 2.90. The number of aliphatic carboxylic acids is 1. The number of nitrogens with one attached hydrogen (secondary N) is 2. The highest BCUT2D eigenvalue weighted by atomic mass is 16.4. The number of urea groups is 1. The normalized spacial score (nSPS) is 18.0. The summed E-state index contributed by atoms with van der Waals surface area (Å²) in [7, 11) is 1.88. The molecular weight excluding hydrogens is 286 g/mol. The quantitative estimate of drug-likeness (QED) is 0.667. The average molecular weight is 309 g/mol. The second-order valence-corrected chi connectivity index (χ2v) is 5.55. The van der Waals surface area contributed by atoms with E-state index in [1.54, 1.807) is 4.68 Å². The molecule has 1 aromatic rings. The molecule has 0 bridgehead atoms. The van der Waals surface area contributed by atoms with Gasteiger partial charge in [-0.1, -0.05) is 0 Å². The van der Waals surface area contributed by atoms with Crippen molar-refractivity contribution in [1.29, 1.82) is 0 Å².